The van der Waals surface area contributed by atoms with E-state index in [0.29, 0.717) is 6.61 Å². The lowest BCUT2D eigenvalue weighted by molar-refractivity contribution is 0.181. The fourth-order valence-electron chi connectivity index (χ4n) is 1.06. The van der Waals surface area contributed by atoms with Gasteiger partial charge in [-0.2, -0.15) is 0 Å². The Morgan fingerprint density at radius 2 is 2.46 bits per heavy atom. The summed E-state index contributed by atoms with van der Waals surface area (Å²) in [5.74, 6) is 0. The van der Waals surface area contributed by atoms with Crippen LogP contribution in [0.3, 0.4) is 0 Å². The van der Waals surface area contributed by atoms with Gasteiger partial charge in [0, 0.05) is 13.3 Å². The summed E-state index contributed by atoms with van der Waals surface area (Å²) in [6, 6.07) is 3.29. The van der Waals surface area contributed by atoms with E-state index in [1.807, 2.05) is 6.07 Å². The van der Waals surface area contributed by atoms with Crippen molar-refractivity contribution >= 4 is 0 Å². The van der Waals surface area contributed by atoms with Gasteiger partial charge in [0.25, 0.3) is 0 Å². The van der Waals surface area contributed by atoms with Crippen molar-refractivity contribution in [1.29, 1.82) is 0 Å². The van der Waals surface area contributed by atoms with E-state index in [1.54, 1.807) is 19.4 Å². The summed E-state index contributed by atoms with van der Waals surface area (Å²) in [5.41, 5.74) is 7.34. The highest BCUT2D eigenvalue weighted by molar-refractivity contribution is 5.19. The van der Waals surface area contributed by atoms with Crippen LogP contribution in [0.15, 0.2) is 18.3 Å². The van der Waals surface area contributed by atoms with Crippen molar-refractivity contribution in [1.82, 2.24) is 4.98 Å². The second kappa shape index (κ2) is 4.91. The molecular weight excluding hydrogens is 168 g/mol. The first-order chi connectivity index (χ1) is 6.27. The van der Waals surface area contributed by atoms with Crippen LogP contribution >= 0.6 is 0 Å². The minimum atomic E-state index is -0.335. The van der Waals surface area contributed by atoms with Gasteiger partial charge < -0.3 is 15.6 Å². The lowest BCUT2D eigenvalue weighted by atomic mass is 10.1. The number of aromatic nitrogens is 1. The third-order valence-corrected chi connectivity index (χ3v) is 1.76. The molecule has 1 unspecified atom stereocenters. The first kappa shape index (κ1) is 10.1. The molecule has 1 rings (SSSR count). The Kier molecular flexibility index (Phi) is 3.82. The molecule has 0 aliphatic rings. The van der Waals surface area contributed by atoms with Crippen molar-refractivity contribution in [3.8, 4) is 0 Å². The topological polar surface area (TPSA) is 68.4 Å². The molecule has 0 aromatic carbocycles. The molecule has 0 amide bonds. The van der Waals surface area contributed by atoms with Gasteiger partial charge in [0.2, 0.25) is 0 Å². The SMILES string of the molecule is COCc1cc(C(N)CO)ccn1. The Hall–Kier alpha value is -0.970. The van der Waals surface area contributed by atoms with E-state index in [0.717, 1.165) is 11.3 Å². The maximum absolute atomic E-state index is 8.83. The van der Waals surface area contributed by atoms with Gasteiger partial charge in [-0.25, -0.2) is 0 Å². The van der Waals surface area contributed by atoms with Crippen molar-refractivity contribution in [2.24, 2.45) is 5.73 Å². The maximum atomic E-state index is 8.83. The molecule has 3 N–H and O–H groups in total. The second-order valence-corrected chi connectivity index (χ2v) is 2.80. The Labute approximate surface area is 77.4 Å². The fourth-order valence-corrected chi connectivity index (χ4v) is 1.06. The third-order valence-electron chi connectivity index (χ3n) is 1.76. The van der Waals surface area contributed by atoms with Crippen LogP contribution in [0, 0.1) is 0 Å². The molecule has 0 saturated heterocycles. The zero-order valence-electron chi connectivity index (χ0n) is 7.60. The van der Waals surface area contributed by atoms with E-state index in [-0.39, 0.29) is 12.6 Å². The van der Waals surface area contributed by atoms with E-state index in [4.69, 9.17) is 15.6 Å². The van der Waals surface area contributed by atoms with E-state index < -0.39 is 0 Å². The molecule has 0 radical (unpaired) electrons. The van der Waals surface area contributed by atoms with Gasteiger partial charge in [-0.3, -0.25) is 4.98 Å². The number of ether oxygens (including phenoxy) is 1. The molecule has 1 atom stereocenters. The molecule has 4 heteroatoms. The Morgan fingerprint density at radius 3 is 3.08 bits per heavy atom. The van der Waals surface area contributed by atoms with Crippen LogP contribution in [0.25, 0.3) is 0 Å². The zero-order valence-corrected chi connectivity index (χ0v) is 7.60. The summed E-state index contributed by atoms with van der Waals surface area (Å²) < 4.78 is 4.93. The zero-order chi connectivity index (χ0) is 9.68. The second-order valence-electron chi connectivity index (χ2n) is 2.80. The standard InChI is InChI=1S/C9H14N2O2/c1-13-6-8-4-7(2-3-11-8)9(10)5-12/h2-4,9,12H,5-6,10H2,1H3. The summed E-state index contributed by atoms with van der Waals surface area (Å²) in [7, 11) is 1.61. The Balaban J connectivity index is 2.78. The van der Waals surface area contributed by atoms with Crippen molar-refractivity contribution in [2.75, 3.05) is 13.7 Å². The molecule has 13 heavy (non-hydrogen) atoms. The van der Waals surface area contributed by atoms with Crippen LogP contribution < -0.4 is 5.73 Å². The van der Waals surface area contributed by atoms with Gasteiger partial charge in [0.05, 0.1) is 24.9 Å². The van der Waals surface area contributed by atoms with Crippen molar-refractivity contribution in [3.63, 3.8) is 0 Å². The van der Waals surface area contributed by atoms with Gasteiger partial charge in [-0.05, 0) is 17.7 Å². The smallest absolute Gasteiger partial charge is 0.0884 e. The first-order valence-corrected chi connectivity index (χ1v) is 4.08. The number of aliphatic hydroxyl groups excluding tert-OH is 1. The molecule has 1 heterocycles. The third kappa shape index (κ3) is 2.77. The molecule has 72 valence electrons. The van der Waals surface area contributed by atoms with Crippen LogP contribution in [0.1, 0.15) is 17.3 Å². The van der Waals surface area contributed by atoms with E-state index in [2.05, 4.69) is 4.98 Å². The van der Waals surface area contributed by atoms with Gasteiger partial charge in [-0.15, -0.1) is 0 Å². The van der Waals surface area contributed by atoms with Crippen molar-refractivity contribution in [2.45, 2.75) is 12.6 Å². The largest absolute Gasteiger partial charge is 0.394 e. The van der Waals surface area contributed by atoms with Crippen LogP contribution in [0.4, 0.5) is 0 Å². The highest BCUT2D eigenvalue weighted by Crippen LogP contribution is 2.10. The van der Waals surface area contributed by atoms with Crippen LogP contribution in [-0.2, 0) is 11.3 Å². The maximum Gasteiger partial charge on any atom is 0.0884 e. The minimum Gasteiger partial charge on any atom is -0.394 e. The lowest BCUT2D eigenvalue weighted by Gasteiger charge is -2.09. The molecule has 0 saturated carbocycles. The molecule has 0 aliphatic heterocycles. The normalized spacial score (nSPS) is 12.8. The predicted molar refractivity (Wildman–Crippen MR) is 49.0 cm³/mol. The van der Waals surface area contributed by atoms with Crippen LogP contribution in [-0.4, -0.2) is 23.8 Å². The summed E-state index contributed by atoms with van der Waals surface area (Å²) in [4.78, 5) is 4.08. The molecule has 1 aromatic rings. The number of pyridine rings is 1. The first-order valence-electron chi connectivity index (χ1n) is 4.08. The molecule has 0 bridgehead atoms. The number of nitrogens with two attached hydrogens (primary N) is 1. The number of rotatable bonds is 4. The fraction of sp³-hybridized carbons (Fsp3) is 0.444. The average Bonchev–Trinajstić information content (AvgIpc) is 2.18. The summed E-state index contributed by atoms with van der Waals surface area (Å²) in [5, 5.41) is 8.83. The number of hydrogen-bond acceptors (Lipinski definition) is 4. The highest BCUT2D eigenvalue weighted by atomic mass is 16.5. The highest BCUT2D eigenvalue weighted by Gasteiger charge is 2.04. The average molecular weight is 182 g/mol. The molecule has 0 aliphatic carbocycles. The number of nitrogens with zero attached hydrogens (tertiary/aromatic N) is 1. The van der Waals surface area contributed by atoms with E-state index in [1.165, 1.54) is 0 Å². The number of hydrogen-bond donors (Lipinski definition) is 2. The quantitative estimate of drug-likeness (QED) is 0.699. The lowest BCUT2D eigenvalue weighted by Crippen LogP contribution is -2.14. The van der Waals surface area contributed by atoms with Gasteiger partial charge in [-0.1, -0.05) is 0 Å². The van der Waals surface area contributed by atoms with Crippen LogP contribution in [0.2, 0.25) is 0 Å². The van der Waals surface area contributed by atoms with Gasteiger partial charge in [0.1, 0.15) is 0 Å². The van der Waals surface area contributed by atoms with Crippen LogP contribution in [0.5, 0.6) is 0 Å². The molecular formula is C9H14N2O2. The minimum absolute atomic E-state index is 0.0591. The monoisotopic (exact) mass is 182 g/mol. The summed E-state index contributed by atoms with van der Waals surface area (Å²) in [6.45, 7) is 0.405. The van der Waals surface area contributed by atoms with Crippen molar-refractivity contribution < 1.29 is 9.84 Å². The molecule has 0 fully saturated rings. The summed E-state index contributed by atoms with van der Waals surface area (Å²) >= 11 is 0. The Morgan fingerprint density at radius 1 is 1.69 bits per heavy atom. The van der Waals surface area contributed by atoms with E-state index in [9.17, 15) is 0 Å². The van der Waals surface area contributed by atoms with Gasteiger partial charge in [0.15, 0.2) is 0 Å². The van der Waals surface area contributed by atoms with Gasteiger partial charge >= 0.3 is 0 Å². The van der Waals surface area contributed by atoms with Crippen molar-refractivity contribution in [3.05, 3.63) is 29.6 Å². The molecule has 4 nitrogen and oxygen atoms in total. The summed E-state index contributed by atoms with van der Waals surface area (Å²) in [6.07, 6.45) is 1.67. The number of methoxy groups -OCH3 is 1. The number of aliphatic hydroxyl groups is 1. The van der Waals surface area contributed by atoms with E-state index >= 15 is 0 Å². The Bertz CT molecular complexity index is 266. The predicted octanol–water partition coefficient (Wildman–Crippen LogP) is 0.220. The molecule has 1 aromatic heterocycles. The molecule has 0 spiro atoms.